The van der Waals surface area contributed by atoms with E-state index in [0.29, 0.717) is 0 Å². The van der Waals surface area contributed by atoms with Gasteiger partial charge in [-0.05, 0) is 0 Å². The molecule has 6 rings (SSSR count). The Labute approximate surface area is 216 Å². The maximum absolute atomic E-state index is 13.2. The van der Waals surface area contributed by atoms with Gasteiger partial charge in [-0.2, -0.15) is 28.7 Å². The van der Waals surface area contributed by atoms with Crippen LogP contribution in [0.4, 0.5) is 20.4 Å². The molecule has 0 unspecified atom stereocenters. The molecular formula is C20H24F2N10O7. The first-order valence-electron chi connectivity index (χ1n) is 11.5. The molecule has 19 heteroatoms. The number of hydrogen-bond donors (Lipinski definition) is 7. The van der Waals surface area contributed by atoms with E-state index in [1.807, 2.05) is 0 Å². The van der Waals surface area contributed by atoms with Crippen molar-refractivity contribution >= 4 is 34.0 Å². The Bertz CT molecular complexity index is 1490. The van der Waals surface area contributed by atoms with Gasteiger partial charge < -0.3 is 46.5 Å². The van der Waals surface area contributed by atoms with E-state index in [0.717, 1.165) is 0 Å². The summed E-state index contributed by atoms with van der Waals surface area (Å²) in [5, 5.41) is 47.4. The zero-order valence-electron chi connectivity index (χ0n) is 19.9. The third-order valence-corrected chi connectivity index (χ3v) is 6.33. The van der Waals surface area contributed by atoms with Crippen LogP contribution in [0.15, 0.2) is 12.7 Å². The largest absolute Gasteiger partial charge is 0.394 e. The minimum Gasteiger partial charge on any atom is -0.394 e. The molecule has 0 saturated carbocycles. The zero-order chi connectivity index (χ0) is 28.0. The topological polar surface area (TPSA) is 259 Å². The van der Waals surface area contributed by atoms with Gasteiger partial charge in [0, 0.05) is 6.42 Å². The van der Waals surface area contributed by atoms with Crippen molar-refractivity contribution in [3.05, 3.63) is 24.8 Å². The Morgan fingerprint density at radius 1 is 0.795 bits per heavy atom. The van der Waals surface area contributed by atoms with E-state index >= 15 is 0 Å². The number of fused-ring (bicyclic) bond motifs is 2. The van der Waals surface area contributed by atoms with Crippen LogP contribution >= 0.6 is 0 Å². The summed E-state index contributed by atoms with van der Waals surface area (Å²) in [6.07, 6.45) is -5.74. The number of hydrogen-bond acceptors (Lipinski definition) is 15. The molecule has 7 atom stereocenters. The van der Waals surface area contributed by atoms with E-state index in [-0.39, 0.29) is 47.0 Å². The highest BCUT2D eigenvalue weighted by atomic mass is 19.1. The summed E-state index contributed by atoms with van der Waals surface area (Å²) in [6.45, 7) is -0.761. The van der Waals surface area contributed by atoms with Gasteiger partial charge in [0.15, 0.2) is 40.2 Å². The number of aliphatic hydroxyl groups is 5. The van der Waals surface area contributed by atoms with Crippen LogP contribution < -0.4 is 11.5 Å². The number of rotatable bonds is 4. The summed E-state index contributed by atoms with van der Waals surface area (Å²) in [4.78, 5) is 21.8. The van der Waals surface area contributed by atoms with Crippen LogP contribution in [0.5, 0.6) is 0 Å². The second kappa shape index (κ2) is 10.4. The van der Waals surface area contributed by atoms with Gasteiger partial charge >= 0.3 is 12.2 Å². The Hall–Kier alpha value is -3.72. The Kier molecular flexibility index (Phi) is 7.20. The standard InChI is InChI=1S/C10H12FN5O4.C10H12FN5O3/c11-10-14-7(12)4-8(15-10)16(2-13-4)9-6(19)5(18)3(1-17)20-9;11-10-14-8(12)7-9(15-10)16(3-13-7)6-1-4(18)5(2-17)19-6/h2-3,5-6,9,17-19H,1H2,(H2,12,14,15);3-6,17-18H,1-2H2,(H2,12,14,15)/t3-,5-,6-,9-;4-,5+,6+/m10/s1. The molecule has 4 aromatic heterocycles. The molecule has 39 heavy (non-hydrogen) atoms. The second-order valence-electron chi connectivity index (χ2n) is 8.75. The zero-order valence-corrected chi connectivity index (χ0v) is 19.9. The van der Waals surface area contributed by atoms with Gasteiger partial charge in [-0.15, -0.1) is 0 Å². The minimum absolute atomic E-state index is 0.0323. The SMILES string of the molecule is Nc1nc(F)nc2c1ncn2[C@@H]1O[C@H](CO)[C@@H](O)[C@H]1O.Nc1nc(F)nc2c1ncn2[C@H]1C[C@H](O)[C@@H](CO)O1. The molecule has 2 aliphatic rings. The fourth-order valence-corrected chi connectivity index (χ4v) is 4.38. The maximum Gasteiger partial charge on any atom is 0.312 e. The lowest BCUT2D eigenvalue weighted by Crippen LogP contribution is -2.33. The number of imidazole rings is 2. The number of nitrogens with zero attached hydrogens (tertiary/aromatic N) is 8. The third-order valence-electron chi connectivity index (χ3n) is 6.33. The lowest BCUT2D eigenvalue weighted by molar-refractivity contribution is -0.0511. The number of ether oxygens (including phenoxy) is 2. The Morgan fingerprint density at radius 2 is 1.33 bits per heavy atom. The molecule has 0 radical (unpaired) electrons. The smallest absolute Gasteiger partial charge is 0.312 e. The van der Waals surface area contributed by atoms with Crippen molar-refractivity contribution in [2.24, 2.45) is 0 Å². The monoisotopic (exact) mass is 554 g/mol. The molecule has 4 aromatic rings. The number of anilines is 2. The van der Waals surface area contributed by atoms with Crippen molar-refractivity contribution in [1.82, 2.24) is 39.0 Å². The number of aliphatic hydroxyl groups excluding tert-OH is 5. The van der Waals surface area contributed by atoms with E-state index in [4.69, 9.17) is 31.2 Å². The van der Waals surface area contributed by atoms with E-state index in [2.05, 4.69) is 29.9 Å². The number of nitrogen functional groups attached to an aromatic ring is 2. The normalized spacial score (nSPS) is 28.7. The average molecular weight is 554 g/mol. The van der Waals surface area contributed by atoms with Crippen LogP contribution in [0.3, 0.4) is 0 Å². The fraction of sp³-hybridized carbons (Fsp3) is 0.500. The first kappa shape index (κ1) is 26.9. The summed E-state index contributed by atoms with van der Waals surface area (Å²) >= 11 is 0. The number of nitrogens with two attached hydrogens (primary N) is 2. The van der Waals surface area contributed by atoms with Crippen molar-refractivity contribution in [1.29, 1.82) is 0 Å². The van der Waals surface area contributed by atoms with Gasteiger partial charge in [-0.1, -0.05) is 0 Å². The molecule has 17 nitrogen and oxygen atoms in total. The predicted octanol–water partition coefficient (Wildman–Crippen LogP) is -2.65. The maximum atomic E-state index is 13.2. The lowest BCUT2D eigenvalue weighted by Gasteiger charge is -2.16. The van der Waals surface area contributed by atoms with E-state index in [1.54, 1.807) is 0 Å². The van der Waals surface area contributed by atoms with E-state index < -0.39 is 61.7 Å². The third kappa shape index (κ3) is 4.80. The predicted molar refractivity (Wildman–Crippen MR) is 124 cm³/mol. The number of aromatic nitrogens is 8. The summed E-state index contributed by atoms with van der Waals surface area (Å²) < 4.78 is 39.9. The van der Waals surface area contributed by atoms with Gasteiger partial charge in [0.2, 0.25) is 0 Å². The molecule has 2 aliphatic heterocycles. The highest BCUT2D eigenvalue weighted by molar-refractivity contribution is 5.81. The van der Waals surface area contributed by atoms with Gasteiger partial charge in [0.1, 0.15) is 30.6 Å². The highest BCUT2D eigenvalue weighted by Gasteiger charge is 2.44. The molecule has 210 valence electrons. The van der Waals surface area contributed by atoms with Crippen LogP contribution in [0.2, 0.25) is 0 Å². The molecule has 0 aromatic carbocycles. The van der Waals surface area contributed by atoms with Crippen LogP contribution in [0.25, 0.3) is 22.3 Å². The van der Waals surface area contributed by atoms with Crippen molar-refractivity contribution in [2.45, 2.75) is 49.4 Å². The molecule has 0 aliphatic carbocycles. The first-order chi connectivity index (χ1) is 18.6. The molecule has 9 N–H and O–H groups in total. The van der Waals surface area contributed by atoms with Crippen molar-refractivity contribution in [2.75, 3.05) is 24.7 Å². The molecule has 0 amide bonds. The minimum atomic E-state index is -1.32. The lowest BCUT2D eigenvalue weighted by atomic mass is 10.1. The van der Waals surface area contributed by atoms with Crippen LogP contribution in [-0.4, -0.2) is 108 Å². The molecule has 2 saturated heterocycles. The van der Waals surface area contributed by atoms with E-state index in [1.165, 1.54) is 21.8 Å². The van der Waals surface area contributed by atoms with Gasteiger partial charge in [-0.25, -0.2) is 9.97 Å². The van der Waals surface area contributed by atoms with Crippen LogP contribution in [-0.2, 0) is 9.47 Å². The molecule has 0 bridgehead atoms. The summed E-state index contributed by atoms with van der Waals surface area (Å²) in [6, 6.07) is 0. The Morgan fingerprint density at radius 3 is 1.85 bits per heavy atom. The first-order valence-corrected chi connectivity index (χ1v) is 11.5. The molecule has 2 fully saturated rings. The quantitative estimate of drug-likeness (QED) is 0.127. The average Bonchev–Trinajstić information content (AvgIpc) is 3.65. The van der Waals surface area contributed by atoms with Gasteiger partial charge in [-0.3, -0.25) is 9.13 Å². The Balaban J connectivity index is 0.000000158. The van der Waals surface area contributed by atoms with Gasteiger partial charge in [0.05, 0.1) is 32.0 Å². The number of halogens is 2. The van der Waals surface area contributed by atoms with Crippen LogP contribution in [0, 0.1) is 12.2 Å². The summed E-state index contributed by atoms with van der Waals surface area (Å²) in [7, 11) is 0. The molecule has 0 spiro atoms. The summed E-state index contributed by atoms with van der Waals surface area (Å²) in [5.74, 6) is -0.198. The molecular weight excluding hydrogens is 530 g/mol. The fourth-order valence-electron chi connectivity index (χ4n) is 4.38. The van der Waals surface area contributed by atoms with E-state index in [9.17, 15) is 24.1 Å². The van der Waals surface area contributed by atoms with Crippen molar-refractivity contribution in [3.63, 3.8) is 0 Å². The van der Waals surface area contributed by atoms with Gasteiger partial charge in [0.25, 0.3) is 0 Å². The van der Waals surface area contributed by atoms with Crippen molar-refractivity contribution in [3.8, 4) is 0 Å². The highest BCUT2D eigenvalue weighted by Crippen LogP contribution is 2.32. The second-order valence-corrected chi connectivity index (χ2v) is 8.75. The van der Waals surface area contributed by atoms with Crippen molar-refractivity contribution < 1.29 is 43.8 Å². The molecule has 6 heterocycles. The summed E-state index contributed by atoms with van der Waals surface area (Å²) in [5.41, 5.74) is 11.7. The van der Waals surface area contributed by atoms with Crippen LogP contribution in [0.1, 0.15) is 18.9 Å².